The minimum Gasteiger partial charge on any atom is -0.404 e. The molecule has 1 aromatic carbocycles. The van der Waals surface area contributed by atoms with Gasteiger partial charge in [0.25, 0.3) is 0 Å². The average molecular weight is 255 g/mol. The van der Waals surface area contributed by atoms with Crippen molar-refractivity contribution in [3.63, 3.8) is 0 Å². The molecule has 0 saturated heterocycles. The van der Waals surface area contributed by atoms with E-state index in [-0.39, 0.29) is 11.6 Å². The summed E-state index contributed by atoms with van der Waals surface area (Å²) in [7, 11) is 0. The fourth-order valence-corrected chi connectivity index (χ4v) is 1.32. The van der Waals surface area contributed by atoms with Gasteiger partial charge >= 0.3 is 6.36 Å². The molecular weight excluding hydrogens is 245 g/mol. The van der Waals surface area contributed by atoms with Crippen molar-refractivity contribution >= 4 is 11.6 Å². The topological polar surface area (TPSA) is 61.3 Å². The highest BCUT2D eigenvalue weighted by Crippen LogP contribution is 2.31. The van der Waals surface area contributed by atoms with E-state index >= 15 is 0 Å². The molecule has 4 N–H and O–H groups in total. The highest BCUT2D eigenvalue weighted by molar-refractivity contribution is 6.32. The maximum atomic E-state index is 11.9. The lowest BCUT2D eigenvalue weighted by atomic mass is 10.1. The smallest absolute Gasteiger partial charge is 0.404 e. The zero-order valence-corrected chi connectivity index (χ0v) is 8.85. The van der Waals surface area contributed by atoms with Crippen LogP contribution in [0, 0.1) is 0 Å². The largest absolute Gasteiger partial charge is 0.573 e. The summed E-state index contributed by atoms with van der Waals surface area (Å²) in [4.78, 5) is 0. The van der Waals surface area contributed by atoms with Crippen LogP contribution in [-0.2, 0) is 0 Å². The van der Waals surface area contributed by atoms with Gasteiger partial charge in [0.15, 0.2) is 0 Å². The summed E-state index contributed by atoms with van der Waals surface area (Å²) in [6.45, 7) is 0.176. The Hall–Kier alpha value is -0.980. The normalized spacial score (nSPS) is 13.6. The van der Waals surface area contributed by atoms with Crippen LogP contribution >= 0.6 is 11.6 Å². The van der Waals surface area contributed by atoms with Crippen LogP contribution < -0.4 is 16.2 Å². The Morgan fingerprint density at radius 2 is 2.00 bits per heavy atom. The zero-order valence-electron chi connectivity index (χ0n) is 8.09. The summed E-state index contributed by atoms with van der Waals surface area (Å²) >= 11 is 5.62. The van der Waals surface area contributed by atoms with Crippen LogP contribution in [0.2, 0.25) is 5.02 Å². The lowest BCUT2D eigenvalue weighted by molar-refractivity contribution is -0.274. The Bertz CT molecular complexity index is 370. The van der Waals surface area contributed by atoms with Crippen molar-refractivity contribution in [3.05, 3.63) is 28.8 Å². The van der Waals surface area contributed by atoms with Crippen LogP contribution in [0.3, 0.4) is 0 Å². The first-order valence-electron chi connectivity index (χ1n) is 4.34. The number of halogens is 4. The van der Waals surface area contributed by atoms with E-state index in [1.165, 1.54) is 12.1 Å². The number of hydrogen-bond acceptors (Lipinski definition) is 3. The molecule has 0 aliphatic heterocycles. The number of hydrogen-bond donors (Lipinski definition) is 2. The molecule has 0 aliphatic carbocycles. The van der Waals surface area contributed by atoms with E-state index in [2.05, 4.69) is 4.74 Å². The van der Waals surface area contributed by atoms with Crippen molar-refractivity contribution in [2.75, 3.05) is 6.54 Å². The SMILES string of the molecule is NC[C@H](N)c1ccc(OC(F)(F)F)c(Cl)c1. The van der Waals surface area contributed by atoms with E-state index in [0.717, 1.165) is 6.07 Å². The van der Waals surface area contributed by atoms with E-state index in [1.54, 1.807) is 0 Å². The van der Waals surface area contributed by atoms with Gasteiger partial charge in [0, 0.05) is 12.6 Å². The number of ether oxygens (including phenoxy) is 1. The first kappa shape index (κ1) is 13.1. The molecule has 1 aromatic rings. The second-order valence-corrected chi connectivity index (χ2v) is 3.49. The van der Waals surface area contributed by atoms with E-state index < -0.39 is 18.2 Å². The summed E-state index contributed by atoms with van der Waals surface area (Å²) in [5.41, 5.74) is 11.5. The second kappa shape index (κ2) is 4.90. The number of nitrogens with two attached hydrogens (primary N) is 2. The van der Waals surface area contributed by atoms with Crippen LogP contribution in [-0.4, -0.2) is 12.9 Å². The maximum Gasteiger partial charge on any atom is 0.573 e. The minimum absolute atomic E-state index is 0.154. The van der Waals surface area contributed by atoms with E-state index in [4.69, 9.17) is 23.1 Å². The van der Waals surface area contributed by atoms with Crippen LogP contribution in [0.25, 0.3) is 0 Å². The van der Waals surface area contributed by atoms with E-state index in [9.17, 15) is 13.2 Å². The minimum atomic E-state index is -4.76. The molecule has 90 valence electrons. The van der Waals surface area contributed by atoms with Crippen molar-refractivity contribution < 1.29 is 17.9 Å². The molecule has 0 radical (unpaired) electrons. The first-order valence-corrected chi connectivity index (χ1v) is 4.72. The van der Waals surface area contributed by atoms with Gasteiger partial charge < -0.3 is 16.2 Å². The molecule has 0 heterocycles. The van der Waals surface area contributed by atoms with Gasteiger partial charge in [-0.1, -0.05) is 17.7 Å². The molecule has 16 heavy (non-hydrogen) atoms. The standard InChI is InChI=1S/C9H10ClF3N2O/c10-6-3-5(7(15)4-14)1-2-8(6)16-9(11,12)13/h1-3,7H,4,14-15H2/t7-/m0/s1. The molecule has 0 saturated carbocycles. The molecule has 3 nitrogen and oxygen atoms in total. The molecule has 0 aliphatic rings. The third kappa shape index (κ3) is 3.55. The Labute approximate surface area is 95.1 Å². The molecule has 0 unspecified atom stereocenters. The summed E-state index contributed by atoms with van der Waals surface area (Å²) in [6.07, 6.45) is -4.76. The Kier molecular flexibility index (Phi) is 4.01. The molecule has 0 amide bonds. The summed E-state index contributed by atoms with van der Waals surface area (Å²) < 4.78 is 39.5. The lowest BCUT2D eigenvalue weighted by Crippen LogP contribution is -2.21. The van der Waals surface area contributed by atoms with Crippen LogP contribution in [0.4, 0.5) is 13.2 Å². The molecule has 1 atom stereocenters. The van der Waals surface area contributed by atoms with E-state index in [0.29, 0.717) is 5.56 Å². The van der Waals surface area contributed by atoms with Crippen LogP contribution in [0.15, 0.2) is 18.2 Å². The molecule has 1 rings (SSSR count). The van der Waals surface area contributed by atoms with Crippen LogP contribution in [0.5, 0.6) is 5.75 Å². The van der Waals surface area contributed by atoms with Gasteiger partial charge in [0.05, 0.1) is 5.02 Å². The summed E-state index contributed by atoms with van der Waals surface area (Å²) in [5, 5.41) is -0.154. The molecule has 0 spiro atoms. The van der Waals surface area contributed by atoms with Crippen LogP contribution in [0.1, 0.15) is 11.6 Å². The molecule has 7 heteroatoms. The second-order valence-electron chi connectivity index (χ2n) is 3.08. The average Bonchev–Trinajstić information content (AvgIpc) is 2.18. The summed E-state index contributed by atoms with van der Waals surface area (Å²) in [6, 6.07) is 3.35. The number of alkyl halides is 3. The van der Waals surface area contributed by atoms with Gasteiger partial charge in [0.1, 0.15) is 5.75 Å². The number of rotatable bonds is 3. The third-order valence-corrected chi connectivity index (χ3v) is 2.16. The van der Waals surface area contributed by atoms with Crippen molar-refractivity contribution in [2.45, 2.75) is 12.4 Å². The maximum absolute atomic E-state index is 11.9. The van der Waals surface area contributed by atoms with Crippen molar-refractivity contribution in [2.24, 2.45) is 11.5 Å². The summed E-state index contributed by atoms with van der Waals surface area (Å²) in [5.74, 6) is -0.456. The molecule has 0 fully saturated rings. The Morgan fingerprint density at radius 3 is 2.44 bits per heavy atom. The van der Waals surface area contributed by atoms with Gasteiger partial charge in [-0.15, -0.1) is 13.2 Å². The first-order chi connectivity index (χ1) is 7.33. The monoisotopic (exact) mass is 254 g/mol. The fraction of sp³-hybridized carbons (Fsp3) is 0.333. The van der Waals surface area contributed by atoms with Gasteiger partial charge in [-0.2, -0.15) is 0 Å². The Balaban J connectivity index is 2.92. The molecule has 0 aromatic heterocycles. The van der Waals surface area contributed by atoms with Gasteiger partial charge in [0.2, 0.25) is 0 Å². The Morgan fingerprint density at radius 1 is 1.38 bits per heavy atom. The van der Waals surface area contributed by atoms with Gasteiger partial charge in [-0.3, -0.25) is 0 Å². The highest BCUT2D eigenvalue weighted by Gasteiger charge is 2.32. The van der Waals surface area contributed by atoms with Gasteiger partial charge in [-0.25, -0.2) is 0 Å². The molecule has 0 bridgehead atoms. The zero-order chi connectivity index (χ0) is 12.3. The predicted molar refractivity (Wildman–Crippen MR) is 54.1 cm³/mol. The van der Waals surface area contributed by atoms with Gasteiger partial charge in [-0.05, 0) is 17.7 Å². The van der Waals surface area contributed by atoms with Crippen molar-refractivity contribution in [3.8, 4) is 5.75 Å². The lowest BCUT2D eigenvalue weighted by Gasteiger charge is -2.13. The third-order valence-electron chi connectivity index (χ3n) is 1.86. The number of benzene rings is 1. The fourth-order valence-electron chi connectivity index (χ4n) is 1.09. The highest BCUT2D eigenvalue weighted by atomic mass is 35.5. The quantitative estimate of drug-likeness (QED) is 0.869. The van der Waals surface area contributed by atoms with E-state index in [1.807, 2.05) is 0 Å². The predicted octanol–water partition coefficient (Wildman–Crippen LogP) is 2.20. The van der Waals surface area contributed by atoms with Crippen molar-refractivity contribution in [1.29, 1.82) is 0 Å². The van der Waals surface area contributed by atoms with Crippen molar-refractivity contribution in [1.82, 2.24) is 0 Å². The molecular formula is C9H10ClF3N2O.